The Kier molecular flexibility index (Phi) is 6.25. The summed E-state index contributed by atoms with van der Waals surface area (Å²) in [4.78, 5) is 13.3. The number of aryl methyl sites for hydroxylation is 2. The summed E-state index contributed by atoms with van der Waals surface area (Å²) in [6.07, 6.45) is 4.78. The second-order valence-electron chi connectivity index (χ2n) is 8.22. The largest absolute Gasteiger partial charge is 0.496 e. The number of methoxy groups -OCH3 is 1. The van der Waals surface area contributed by atoms with Crippen LogP contribution in [0.1, 0.15) is 11.1 Å². The molecule has 0 aliphatic rings. The number of fused-ring (bicyclic) bond motifs is 1. The maximum atomic E-state index is 12.8. The topological polar surface area (TPSA) is 77.0 Å². The number of aromatic nitrogens is 3. The Hall–Kier alpha value is -4.10. The quantitative estimate of drug-likeness (QED) is 0.317. The second kappa shape index (κ2) is 9.64. The molecular formula is C28H24N4O2S. The van der Waals surface area contributed by atoms with Crippen molar-refractivity contribution in [3.05, 3.63) is 96.6 Å². The summed E-state index contributed by atoms with van der Waals surface area (Å²) in [5, 5.41) is 1.89. The smallest absolute Gasteiger partial charge is 0.151 e. The minimum atomic E-state index is -1.46. The Morgan fingerprint density at radius 3 is 2.43 bits per heavy atom. The van der Waals surface area contributed by atoms with Crippen LogP contribution in [0.3, 0.4) is 0 Å². The van der Waals surface area contributed by atoms with E-state index in [1.165, 1.54) is 17.5 Å². The highest BCUT2D eigenvalue weighted by molar-refractivity contribution is 7.86. The monoisotopic (exact) mass is 480 g/mol. The molecule has 5 aromatic rings. The Balaban J connectivity index is 1.51. The van der Waals surface area contributed by atoms with Gasteiger partial charge in [-0.25, -0.2) is 14.2 Å². The zero-order chi connectivity index (χ0) is 24.4. The summed E-state index contributed by atoms with van der Waals surface area (Å²) in [5.41, 5.74) is 6.47. The second-order valence-corrected chi connectivity index (χ2v) is 9.43. The summed E-state index contributed by atoms with van der Waals surface area (Å²) in [7, 11) is 0.214. The van der Waals surface area contributed by atoms with E-state index in [1.54, 1.807) is 25.6 Å². The van der Waals surface area contributed by atoms with Crippen LogP contribution in [0.15, 0.2) is 90.3 Å². The van der Waals surface area contributed by atoms with E-state index in [0.717, 1.165) is 38.9 Å². The summed E-state index contributed by atoms with van der Waals surface area (Å²) >= 11 is 0. The molecule has 0 fully saturated rings. The Bertz CT molecular complexity index is 1550. The van der Waals surface area contributed by atoms with Crippen molar-refractivity contribution < 1.29 is 8.95 Å². The molecule has 3 aromatic carbocycles. The third-order valence-corrected chi connectivity index (χ3v) is 7.10. The van der Waals surface area contributed by atoms with Gasteiger partial charge >= 0.3 is 0 Å². The molecule has 5 rings (SSSR count). The first kappa shape index (κ1) is 22.7. The maximum absolute atomic E-state index is 12.8. The van der Waals surface area contributed by atoms with Crippen LogP contribution < -0.4 is 9.46 Å². The van der Waals surface area contributed by atoms with Crippen molar-refractivity contribution in [3.63, 3.8) is 0 Å². The molecule has 0 spiro atoms. The van der Waals surface area contributed by atoms with Crippen LogP contribution in [0.25, 0.3) is 33.2 Å². The first-order chi connectivity index (χ1) is 17.0. The van der Waals surface area contributed by atoms with Crippen LogP contribution in [0.5, 0.6) is 5.75 Å². The van der Waals surface area contributed by atoms with Gasteiger partial charge in [-0.05, 0) is 77.9 Å². The van der Waals surface area contributed by atoms with E-state index < -0.39 is 11.0 Å². The average molecular weight is 481 g/mol. The van der Waals surface area contributed by atoms with E-state index in [1.807, 2.05) is 30.3 Å². The zero-order valence-electron chi connectivity index (χ0n) is 19.6. The summed E-state index contributed by atoms with van der Waals surface area (Å²) in [6.45, 7) is 4.23. The minimum absolute atomic E-state index is 0.502. The van der Waals surface area contributed by atoms with Crippen LogP contribution in [0.2, 0.25) is 0 Å². The number of hydrogen-bond donors (Lipinski definition) is 1. The van der Waals surface area contributed by atoms with Crippen molar-refractivity contribution in [2.45, 2.75) is 18.7 Å². The maximum Gasteiger partial charge on any atom is 0.151 e. The third kappa shape index (κ3) is 4.63. The predicted molar refractivity (Wildman–Crippen MR) is 141 cm³/mol. The lowest BCUT2D eigenvalue weighted by Crippen LogP contribution is -2.06. The molecule has 0 aliphatic carbocycles. The highest BCUT2D eigenvalue weighted by atomic mass is 32.2. The van der Waals surface area contributed by atoms with Gasteiger partial charge in [-0.1, -0.05) is 30.3 Å². The summed E-state index contributed by atoms with van der Waals surface area (Å²) in [5.74, 6) is 1.25. The Morgan fingerprint density at radius 2 is 1.66 bits per heavy atom. The van der Waals surface area contributed by atoms with Crippen LogP contribution >= 0.6 is 0 Å². The van der Waals surface area contributed by atoms with E-state index in [4.69, 9.17) is 4.74 Å². The van der Waals surface area contributed by atoms with Crippen LogP contribution in [0.4, 0.5) is 5.82 Å². The highest BCUT2D eigenvalue weighted by Crippen LogP contribution is 2.37. The van der Waals surface area contributed by atoms with Crippen molar-refractivity contribution in [1.82, 2.24) is 15.0 Å². The molecule has 0 saturated carbocycles. The van der Waals surface area contributed by atoms with E-state index in [2.05, 4.69) is 63.9 Å². The highest BCUT2D eigenvalue weighted by Gasteiger charge is 2.14. The first-order valence-electron chi connectivity index (χ1n) is 11.1. The number of benzene rings is 3. The molecule has 1 atom stereocenters. The molecule has 0 radical (unpaired) electrons. The number of pyridine rings is 1. The number of nitrogens with zero attached hydrogens (tertiary/aromatic N) is 3. The zero-order valence-corrected chi connectivity index (χ0v) is 20.5. The normalized spacial score (nSPS) is 11.9. The molecule has 1 unspecified atom stereocenters. The molecule has 174 valence electrons. The number of ether oxygens (including phenoxy) is 1. The molecule has 0 bridgehead atoms. The number of hydrogen-bond acceptors (Lipinski definition) is 5. The lowest BCUT2D eigenvalue weighted by Gasteiger charge is -2.14. The van der Waals surface area contributed by atoms with E-state index in [0.29, 0.717) is 10.7 Å². The van der Waals surface area contributed by atoms with Crippen LogP contribution in [-0.4, -0.2) is 26.3 Å². The van der Waals surface area contributed by atoms with Gasteiger partial charge < -0.3 is 4.74 Å². The molecule has 7 heteroatoms. The molecule has 0 amide bonds. The summed E-state index contributed by atoms with van der Waals surface area (Å²) < 4.78 is 21.5. The molecule has 2 heterocycles. The van der Waals surface area contributed by atoms with Crippen LogP contribution in [0, 0.1) is 13.8 Å². The van der Waals surface area contributed by atoms with Gasteiger partial charge in [0.15, 0.2) is 11.0 Å². The lowest BCUT2D eigenvalue weighted by molar-refractivity contribution is 0.416. The fourth-order valence-corrected chi connectivity index (χ4v) is 4.83. The van der Waals surface area contributed by atoms with E-state index in [-0.39, 0.29) is 0 Å². The van der Waals surface area contributed by atoms with Gasteiger partial charge in [0.05, 0.1) is 17.7 Å². The molecule has 2 aromatic heterocycles. The SMILES string of the molecule is COc1cc(-c2ccc(C)c(C)c2)ccc1-c1nccc2cc(S(=O)Nc3ccncn3)ccc12. The first-order valence-corrected chi connectivity index (χ1v) is 12.3. The van der Waals surface area contributed by atoms with Gasteiger partial charge in [0.1, 0.15) is 17.9 Å². The van der Waals surface area contributed by atoms with Crippen molar-refractivity contribution in [2.24, 2.45) is 0 Å². The van der Waals surface area contributed by atoms with Crippen molar-refractivity contribution >= 4 is 27.6 Å². The standard InChI is InChI=1S/C28H24N4O2S/c1-18-4-5-20(14-19(18)2)21-6-8-25(26(16-21)34-3)28-24-9-7-23(15-22(24)10-13-30-28)35(33)32-27-11-12-29-17-31-27/h4-17H,1-3H3,(H,29,31,32). The molecule has 35 heavy (non-hydrogen) atoms. The minimum Gasteiger partial charge on any atom is -0.496 e. The van der Waals surface area contributed by atoms with Crippen molar-refractivity contribution in [1.29, 1.82) is 0 Å². The number of nitrogens with one attached hydrogen (secondary N) is 1. The van der Waals surface area contributed by atoms with Gasteiger partial charge in [-0.2, -0.15) is 0 Å². The third-order valence-electron chi connectivity index (χ3n) is 6.03. The fourth-order valence-electron chi connectivity index (χ4n) is 3.98. The van der Waals surface area contributed by atoms with Crippen molar-refractivity contribution in [3.8, 4) is 28.1 Å². The van der Waals surface area contributed by atoms with Crippen molar-refractivity contribution in [2.75, 3.05) is 11.8 Å². The van der Waals surface area contributed by atoms with Gasteiger partial charge in [0, 0.05) is 23.3 Å². The predicted octanol–water partition coefficient (Wildman–Crippen LogP) is 6.12. The summed E-state index contributed by atoms with van der Waals surface area (Å²) in [6, 6.07) is 21.9. The van der Waals surface area contributed by atoms with Gasteiger partial charge in [0.25, 0.3) is 0 Å². The van der Waals surface area contributed by atoms with Gasteiger partial charge in [0.2, 0.25) is 0 Å². The van der Waals surface area contributed by atoms with E-state index in [9.17, 15) is 4.21 Å². The van der Waals surface area contributed by atoms with Crippen LogP contribution in [-0.2, 0) is 11.0 Å². The Labute approximate surface area is 206 Å². The van der Waals surface area contributed by atoms with E-state index >= 15 is 0 Å². The average Bonchev–Trinajstić information content (AvgIpc) is 2.89. The molecule has 1 N–H and O–H groups in total. The number of rotatable bonds is 6. The molecule has 0 saturated heterocycles. The van der Waals surface area contributed by atoms with Gasteiger partial charge in [-0.3, -0.25) is 9.71 Å². The number of anilines is 1. The Morgan fingerprint density at radius 1 is 0.829 bits per heavy atom. The molecular weight excluding hydrogens is 456 g/mol. The van der Waals surface area contributed by atoms with Gasteiger partial charge in [-0.15, -0.1) is 0 Å². The molecule has 0 aliphatic heterocycles. The molecule has 6 nitrogen and oxygen atoms in total. The fraction of sp³-hybridized carbons (Fsp3) is 0.107. The lowest BCUT2D eigenvalue weighted by atomic mass is 9.97.